The molecule has 0 N–H and O–H groups in total. The number of hydrogen-bond donors (Lipinski definition) is 0. The van der Waals surface area contributed by atoms with E-state index in [1.54, 1.807) is 6.07 Å². The van der Waals surface area contributed by atoms with Crippen LogP contribution < -0.4 is 0 Å². The zero-order chi connectivity index (χ0) is 9.26. The van der Waals surface area contributed by atoms with Gasteiger partial charge in [-0.15, -0.1) is 6.58 Å². The van der Waals surface area contributed by atoms with Gasteiger partial charge in [-0.05, 0) is 24.3 Å². The summed E-state index contributed by atoms with van der Waals surface area (Å²) in [6.45, 7) is 4.42. The molecule has 2 rings (SSSR count). The van der Waals surface area contributed by atoms with Gasteiger partial charge in [0.05, 0.1) is 0 Å². The lowest BCUT2D eigenvalue weighted by molar-refractivity contribution is 0.629. The summed E-state index contributed by atoms with van der Waals surface area (Å²) < 4.78 is 14.8. The highest BCUT2D eigenvalue weighted by molar-refractivity contribution is 5.80. The lowest BCUT2D eigenvalue weighted by atomic mass is 10.2. The second-order valence-corrected chi connectivity index (χ2v) is 2.96. The molecule has 2 aromatic rings. The van der Waals surface area contributed by atoms with E-state index in [-0.39, 0.29) is 5.82 Å². The number of aromatic nitrogens is 1. The van der Waals surface area contributed by atoms with Crippen LogP contribution in [-0.4, -0.2) is 4.57 Å². The van der Waals surface area contributed by atoms with E-state index in [0.717, 1.165) is 17.4 Å². The van der Waals surface area contributed by atoms with Gasteiger partial charge in [0, 0.05) is 23.6 Å². The summed E-state index contributed by atoms with van der Waals surface area (Å²) in [5.74, 6) is -0.191. The van der Waals surface area contributed by atoms with Crippen molar-refractivity contribution in [3.8, 4) is 0 Å². The Labute approximate surface area is 76.1 Å². The van der Waals surface area contributed by atoms with Crippen molar-refractivity contribution in [1.82, 2.24) is 4.57 Å². The number of fused-ring (bicyclic) bond motifs is 1. The highest BCUT2D eigenvalue weighted by atomic mass is 19.1. The molecular formula is C11H10FN. The summed E-state index contributed by atoms with van der Waals surface area (Å²) in [6, 6.07) is 6.70. The number of allylic oxidation sites excluding steroid dienone is 1. The van der Waals surface area contributed by atoms with Gasteiger partial charge in [0.25, 0.3) is 0 Å². The highest BCUT2D eigenvalue weighted by Gasteiger charge is 1.99. The standard InChI is InChI=1S/C11H10FN/c1-2-6-13-7-5-9-8-10(12)3-4-11(9)13/h2-5,7-8H,1,6H2. The van der Waals surface area contributed by atoms with Crippen LogP contribution in [0.5, 0.6) is 0 Å². The third kappa shape index (κ3) is 1.35. The van der Waals surface area contributed by atoms with Gasteiger partial charge in [-0.1, -0.05) is 6.08 Å². The molecule has 66 valence electrons. The van der Waals surface area contributed by atoms with Crippen molar-refractivity contribution in [3.63, 3.8) is 0 Å². The maximum atomic E-state index is 12.8. The predicted octanol–water partition coefficient (Wildman–Crippen LogP) is 2.97. The van der Waals surface area contributed by atoms with Crippen LogP contribution in [0.4, 0.5) is 4.39 Å². The van der Waals surface area contributed by atoms with Crippen LogP contribution >= 0.6 is 0 Å². The van der Waals surface area contributed by atoms with E-state index in [1.165, 1.54) is 12.1 Å². The number of nitrogens with zero attached hydrogens (tertiary/aromatic N) is 1. The van der Waals surface area contributed by atoms with Crippen molar-refractivity contribution in [3.05, 3.63) is 48.9 Å². The molecular weight excluding hydrogens is 165 g/mol. The molecule has 0 fully saturated rings. The summed E-state index contributed by atoms with van der Waals surface area (Å²) in [5, 5.41) is 0.932. The quantitative estimate of drug-likeness (QED) is 0.618. The fraction of sp³-hybridized carbons (Fsp3) is 0.0909. The molecule has 0 amide bonds. The van der Waals surface area contributed by atoms with Gasteiger partial charge in [-0.2, -0.15) is 0 Å². The molecule has 1 heterocycles. The predicted molar refractivity (Wildman–Crippen MR) is 52.1 cm³/mol. The zero-order valence-electron chi connectivity index (χ0n) is 7.20. The van der Waals surface area contributed by atoms with Gasteiger partial charge < -0.3 is 4.57 Å². The molecule has 13 heavy (non-hydrogen) atoms. The van der Waals surface area contributed by atoms with E-state index in [0.29, 0.717) is 0 Å². The third-order valence-electron chi connectivity index (χ3n) is 2.06. The minimum Gasteiger partial charge on any atom is -0.344 e. The molecule has 0 aliphatic carbocycles. The fourth-order valence-electron chi connectivity index (χ4n) is 1.47. The molecule has 0 atom stereocenters. The first-order valence-electron chi connectivity index (χ1n) is 4.16. The molecule has 0 saturated carbocycles. The maximum Gasteiger partial charge on any atom is 0.123 e. The summed E-state index contributed by atoms with van der Waals surface area (Å²) in [6.07, 6.45) is 3.76. The Hall–Kier alpha value is -1.57. The van der Waals surface area contributed by atoms with Gasteiger partial charge in [-0.3, -0.25) is 0 Å². The van der Waals surface area contributed by atoms with Crippen molar-refractivity contribution in [2.75, 3.05) is 0 Å². The number of hydrogen-bond acceptors (Lipinski definition) is 0. The largest absolute Gasteiger partial charge is 0.344 e. The normalized spacial score (nSPS) is 10.5. The highest BCUT2D eigenvalue weighted by Crippen LogP contribution is 2.16. The molecule has 0 bridgehead atoms. The van der Waals surface area contributed by atoms with E-state index >= 15 is 0 Å². The molecule has 2 heteroatoms. The summed E-state index contributed by atoms with van der Waals surface area (Å²) in [7, 11) is 0. The van der Waals surface area contributed by atoms with Gasteiger partial charge in [0.15, 0.2) is 0 Å². The third-order valence-corrected chi connectivity index (χ3v) is 2.06. The van der Waals surface area contributed by atoms with Crippen LogP contribution in [0, 0.1) is 5.82 Å². The van der Waals surface area contributed by atoms with Crippen molar-refractivity contribution >= 4 is 10.9 Å². The molecule has 0 aliphatic heterocycles. The lowest BCUT2D eigenvalue weighted by Crippen LogP contribution is -1.91. The molecule has 0 spiro atoms. The van der Waals surface area contributed by atoms with E-state index in [4.69, 9.17) is 0 Å². The Kier molecular flexibility index (Phi) is 1.89. The van der Waals surface area contributed by atoms with Crippen LogP contribution in [0.3, 0.4) is 0 Å². The average molecular weight is 175 g/mol. The first-order valence-corrected chi connectivity index (χ1v) is 4.16. The van der Waals surface area contributed by atoms with Crippen LogP contribution in [-0.2, 0) is 6.54 Å². The molecule has 1 nitrogen and oxygen atoms in total. The smallest absolute Gasteiger partial charge is 0.123 e. The Morgan fingerprint density at radius 1 is 1.38 bits per heavy atom. The van der Waals surface area contributed by atoms with Crippen molar-refractivity contribution < 1.29 is 4.39 Å². The van der Waals surface area contributed by atoms with Crippen molar-refractivity contribution in [1.29, 1.82) is 0 Å². The molecule has 0 radical (unpaired) electrons. The van der Waals surface area contributed by atoms with Crippen LogP contribution in [0.15, 0.2) is 43.1 Å². The number of benzene rings is 1. The topological polar surface area (TPSA) is 4.93 Å². The molecule has 1 aromatic heterocycles. The van der Waals surface area contributed by atoms with E-state index in [1.807, 2.05) is 22.9 Å². The average Bonchev–Trinajstić information content (AvgIpc) is 2.49. The van der Waals surface area contributed by atoms with Crippen LogP contribution in [0.2, 0.25) is 0 Å². The lowest BCUT2D eigenvalue weighted by Gasteiger charge is -1.99. The van der Waals surface area contributed by atoms with E-state index in [2.05, 4.69) is 6.58 Å². The summed E-state index contributed by atoms with van der Waals surface area (Å²) >= 11 is 0. The maximum absolute atomic E-state index is 12.8. The van der Waals surface area contributed by atoms with Gasteiger partial charge in [0.2, 0.25) is 0 Å². The fourth-order valence-corrected chi connectivity index (χ4v) is 1.47. The van der Waals surface area contributed by atoms with Crippen molar-refractivity contribution in [2.45, 2.75) is 6.54 Å². The second-order valence-electron chi connectivity index (χ2n) is 2.96. The first kappa shape index (κ1) is 8.05. The van der Waals surface area contributed by atoms with Crippen LogP contribution in [0.1, 0.15) is 0 Å². The Morgan fingerprint density at radius 2 is 2.23 bits per heavy atom. The Bertz CT molecular complexity index is 442. The summed E-state index contributed by atoms with van der Waals surface area (Å²) in [4.78, 5) is 0. The zero-order valence-corrected chi connectivity index (χ0v) is 7.20. The minimum absolute atomic E-state index is 0.191. The van der Waals surface area contributed by atoms with Gasteiger partial charge in [-0.25, -0.2) is 4.39 Å². The SMILES string of the molecule is C=CCn1ccc2cc(F)ccc21. The first-order chi connectivity index (χ1) is 6.31. The van der Waals surface area contributed by atoms with Gasteiger partial charge >= 0.3 is 0 Å². The second kappa shape index (κ2) is 3.05. The minimum atomic E-state index is -0.191. The monoisotopic (exact) mass is 175 g/mol. The van der Waals surface area contributed by atoms with Crippen LogP contribution in [0.25, 0.3) is 10.9 Å². The Morgan fingerprint density at radius 3 is 3.00 bits per heavy atom. The molecule has 1 aromatic carbocycles. The van der Waals surface area contributed by atoms with Crippen molar-refractivity contribution in [2.24, 2.45) is 0 Å². The Balaban J connectivity index is 2.61. The van der Waals surface area contributed by atoms with Gasteiger partial charge in [0.1, 0.15) is 5.82 Å². The molecule has 0 unspecified atom stereocenters. The van der Waals surface area contributed by atoms with E-state index in [9.17, 15) is 4.39 Å². The molecule has 0 aliphatic rings. The summed E-state index contributed by atoms with van der Waals surface area (Å²) in [5.41, 5.74) is 1.04. The number of halogens is 1. The molecule has 0 saturated heterocycles. The van der Waals surface area contributed by atoms with E-state index < -0.39 is 0 Å². The number of rotatable bonds is 2.